The Balaban J connectivity index is 1.99. The van der Waals surface area contributed by atoms with E-state index in [2.05, 4.69) is 6.92 Å². The van der Waals surface area contributed by atoms with Crippen LogP contribution >= 0.6 is 0 Å². The molecule has 1 aromatic rings. The SMILES string of the molecule is COc1ccc(OC2CCC(C)CC2)c(N)c1. The fourth-order valence-electron chi connectivity index (χ4n) is 2.29. The Morgan fingerprint density at radius 3 is 2.47 bits per heavy atom. The number of hydrogen-bond donors (Lipinski definition) is 1. The molecule has 1 aliphatic rings. The van der Waals surface area contributed by atoms with E-state index in [-0.39, 0.29) is 0 Å². The maximum absolute atomic E-state index is 5.95. The lowest BCUT2D eigenvalue weighted by Crippen LogP contribution is -2.23. The van der Waals surface area contributed by atoms with Gasteiger partial charge in [0.15, 0.2) is 0 Å². The Morgan fingerprint density at radius 1 is 1.18 bits per heavy atom. The molecule has 94 valence electrons. The Hall–Kier alpha value is -1.38. The molecule has 0 saturated heterocycles. The summed E-state index contributed by atoms with van der Waals surface area (Å²) in [6.07, 6.45) is 5.09. The molecule has 0 spiro atoms. The lowest BCUT2D eigenvalue weighted by atomic mass is 9.89. The van der Waals surface area contributed by atoms with Crippen LogP contribution in [0.5, 0.6) is 11.5 Å². The van der Waals surface area contributed by atoms with Crippen molar-refractivity contribution in [1.29, 1.82) is 0 Å². The summed E-state index contributed by atoms with van der Waals surface area (Å²) in [7, 11) is 1.64. The first-order valence-electron chi connectivity index (χ1n) is 6.29. The zero-order valence-corrected chi connectivity index (χ0v) is 10.6. The molecule has 0 atom stereocenters. The van der Waals surface area contributed by atoms with Gasteiger partial charge in [-0.25, -0.2) is 0 Å². The van der Waals surface area contributed by atoms with Gasteiger partial charge in [0.1, 0.15) is 11.5 Å². The fourth-order valence-corrected chi connectivity index (χ4v) is 2.29. The minimum atomic E-state index is 0.321. The van der Waals surface area contributed by atoms with Crippen LogP contribution in [0.25, 0.3) is 0 Å². The van der Waals surface area contributed by atoms with Crippen molar-refractivity contribution < 1.29 is 9.47 Å². The predicted octanol–water partition coefficient (Wildman–Crippen LogP) is 3.23. The highest BCUT2D eigenvalue weighted by molar-refractivity contribution is 5.56. The summed E-state index contributed by atoms with van der Waals surface area (Å²) in [5, 5.41) is 0. The highest BCUT2D eigenvalue weighted by Gasteiger charge is 2.20. The Kier molecular flexibility index (Phi) is 3.77. The van der Waals surface area contributed by atoms with Gasteiger partial charge in [0.05, 0.1) is 18.9 Å². The molecule has 1 aromatic carbocycles. The van der Waals surface area contributed by atoms with Crippen LogP contribution in [0.15, 0.2) is 18.2 Å². The van der Waals surface area contributed by atoms with Gasteiger partial charge >= 0.3 is 0 Å². The molecule has 2 rings (SSSR count). The second-order valence-corrected chi connectivity index (χ2v) is 4.90. The van der Waals surface area contributed by atoms with E-state index in [4.69, 9.17) is 15.2 Å². The zero-order valence-electron chi connectivity index (χ0n) is 10.6. The van der Waals surface area contributed by atoms with Crippen molar-refractivity contribution >= 4 is 5.69 Å². The standard InChI is InChI=1S/C14H21NO2/c1-10-3-5-11(6-4-10)17-14-8-7-12(16-2)9-13(14)15/h7-11H,3-6,15H2,1-2H3. The molecule has 0 radical (unpaired) electrons. The van der Waals surface area contributed by atoms with Gasteiger partial charge in [-0.1, -0.05) is 6.92 Å². The molecule has 0 heterocycles. The first-order valence-corrected chi connectivity index (χ1v) is 6.29. The monoisotopic (exact) mass is 235 g/mol. The fraction of sp³-hybridized carbons (Fsp3) is 0.571. The quantitative estimate of drug-likeness (QED) is 0.818. The topological polar surface area (TPSA) is 44.5 Å². The van der Waals surface area contributed by atoms with Crippen molar-refractivity contribution in [2.45, 2.75) is 38.7 Å². The lowest BCUT2D eigenvalue weighted by Gasteiger charge is -2.27. The molecule has 0 aromatic heterocycles. The van der Waals surface area contributed by atoms with Gasteiger partial charge in [-0.15, -0.1) is 0 Å². The van der Waals surface area contributed by atoms with Crippen molar-refractivity contribution in [1.82, 2.24) is 0 Å². The largest absolute Gasteiger partial charge is 0.497 e. The molecular weight excluding hydrogens is 214 g/mol. The third-order valence-electron chi connectivity index (χ3n) is 3.47. The van der Waals surface area contributed by atoms with Gasteiger partial charge in [0.25, 0.3) is 0 Å². The van der Waals surface area contributed by atoms with Gasteiger partial charge in [0.2, 0.25) is 0 Å². The van der Waals surface area contributed by atoms with Crippen LogP contribution in [0.1, 0.15) is 32.6 Å². The minimum absolute atomic E-state index is 0.321. The van der Waals surface area contributed by atoms with E-state index in [9.17, 15) is 0 Å². The number of hydrogen-bond acceptors (Lipinski definition) is 3. The Labute approximate surface area is 103 Å². The summed E-state index contributed by atoms with van der Waals surface area (Å²) < 4.78 is 11.1. The van der Waals surface area contributed by atoms with Gasteiger partial charge in [0, 0.05) is 6.07 Å². The highest BCUT2D eigenvalue weighted by atomic mass is 16.5. The van der Waals surface area contributed by atoms with E-state index < -0.39 is 0 Å². The molecule has 0 unspecified atom stereocenters. The van der Waals surface area contributed by atoms with Crippen molar-refractivity contribution in [3.63, 3.8) is 0 Å². The number of nitrogen functional groups attached to an aromatic ring is 1. The van der Waals surface area contributed by atoms with E-state index in [1.165, 1.54) is 12.8 Å². The van der Waals surface area contributed by atoms with Crippen LogP contribution in [-0.4, -0.2) is 13.2 Å². The predicted molar refractivity (Wildman–Crippen MR) is 69.5 cm³/mol. The molecule has 1 fully saturated rings. The van der Waals surface area contributed by atoms with Crippen LogP contribution in [-0.2, 0) is 0 Å². The molecule has 0 bridgehead atoms. The molecule has 2 N–H and O–H groups in total. The van der Waals surface area contributed by atoms with Gasteiger partial charge in [-0.05, 0) is 43.7 Å². The third-order valence-corrected chi connectivity index (χ3v) is 3.47. The van der Waals surface area contributed by atoms with E-state index in [1.54, 1.807) is 13.2 Å². The zero-order chi connectivity index (χ0) is 12.3. The minimum Gasteiger partial charge on any atom is -0.497 e. The normalized spacial score (nSPS) is 24.4. The van der Waals surface area contributed by atoms with Crippen LogP contribution in [0.4, 0.5) is 5.69 Å². The second kappa shape index (κ2) is 5.30. The van der Waals surface area contributed by atoms with Crippen LogP contribution < -0.4 is 15.2 Å². The molecule has 1 saturated carbocycles. The number of ether oxygens (including phenoxy) is 2. The van der Waals surface area contributed by atoms with Crippen LogP contribution in [0.3, 0.4) is 0 Å². The third kappa shape index (κ3) is 3.05. The Bertz CT molecular complexity index is 370. The average molecular weight is 235 g/mol. The number of nitrogens with two attached hydrogens (primary N) is 1. The molecular formula is C14H21NO2. The molecule has 3 heteroatoms. The van der Waals surface area contributed by atoms with E-state index >= 15 is 0 Å². The van der Waals surface area contributed by atoms with Crippen LogP contribution in [0.2, 0.25) is 0 Å². The highest BCUT2D eigenvalue weighted by Crippen LogP contribution is 2.31. The van der Waals surface area contributed by atoms with Gasteiger partial charge in [-0.3, -0.25) is 0 Å². The summed E-state index contributed by atoms with van der Waals surface area (Å²) >= 11 is 0. The smallest absolute Gasteiger partial charge is 0.142 e. The van der Waals surface area contributed by atoms with Gasteiger partial charge in [-0.2, -0.15) is 0 Å². The number of methoxy groups -OCH3 is 1. The maximum atomic E-state index is 5.95. The summed E-state index contributed by atoms with van der Waals surface area (Å²) in [6.45, 7) is 2.30. The van der Waals surface area contributed by atoms with E-state index in [0.29, 0.717) is 11.8 Å². The van der Waals surface area contributed by atoms with Crippen molar-refractivity contribution in [3.8, 4) is 11.5 Å². The van der Waals surface area contributed by atoms with Crippen LogP contribution in [0, 0.1) is 5.92 Å². The second-order valence-electron chi connectivity index (χ2n) is 4.90. The lowest BCUT2D eigenvalue weighted by molar-refractivity contribution is 0.136. The van der Waals surface area contributed by atoms with E-state index in [0.717, 1.165) is 30.3 Å². The first-order chi connectivity index (χ1) is 8.19. The Morgan fingerprint density at radius 2 is 1.88 bits per heavy atom. The van der Waals surface area contributed by atoms with Crippen molar-refractivity contribution in [2.24, 2.45) is 5.92 Å². The molecule has 17 heavy (non-hydrogen) atoms. The summed E-state index contributed by atoms with van der Waals surface area (Å²) in [4.78, 5) is 0. The summed E-state index contributed by atoms with van der Waals surface area (Å²) in [6, 6.07) is 5.59. The van der Waals surface area contributed by atoms with Crippen molar-refractivity contribution in [3.05, 3.63) is 18.2 Å². The summed E-state index contributed by atoms with van der Waals surface area (Å²) in [5.74, 6) is 2.39. The maximum Gasteiger partial charge on any atom is 0.142 e. The number of anilines is 1. The first kappa shape index (κ1) is 12.1. The molecule has 0 amide bonds. The molecule has 1 aliphatic carbocycles. The van der Waals surface area contributed by atoms with E-state index in [1.807, 2.05) is 12.1 Å². The van der Waals surface area contributed by atoms with Gasteiger partial charge < -0.3 is 15.2 Å². The number of benzene rings is 1. The average Bonchev–Trinajstić information content (AvgIpc) is 2.34. The molecule has 3 nitrogen and oxygen atoms in total. The molecule has 0 aliphatic heterocycles. The summed E-state index contributed by atoms with van der Waals surface area (Å²) in [5.41, 5.74) is 6.59. The number of rotatable bonds is 3. The van der Waals surface area contributed by atoms with Crippen molar-refractivity contribution in [2.75, 3.05) is 12.8 Å².